The molecule has 0 bridgehead atoms. The van der Waals surface area contributed by atoms with Crippen molar-refractivity contribution in [1.82, 2.24) is 4.90 Å². The van der Waals surface area contributed by atoms with E-state index in [1.807, 2.05) is 63.2 Å². The summed E-state index contributed by atoms with van der Waals surface area (Å²) in [6, 6.07) is 13.8. The summed E-state index contributed by atoms with van der Waals surface area (Å²) in [5, 5.41) is 2.91. The predicted octanol–water partition coefficient (Wildman–Crippen LogP) is 4.56. The molecule has 1 heterocycles. The molecule has 136 valence electrons. The van der Waals surface area contributed by atoms with Gasteiger partial charge in [-0.1, -0.05) is 36.4 Å². The highest BCUT2D eigenvalue weighted by Gasteiger charge is 2.30. The van der Waals surface area contributed by atoms with Crippen molar-refractivity contribution in [2.75, 3.05) is 5.32 Å². The van der Waals surface area contributed by atoms with E-state index >= 15 is 0 Å². The Morgan fingerprint density at radius 3 is 2.35 bits per heavy atom. The molecule has 1 N–H and O–H groups in total. The Morgan fingerprint density at radius 1 is 1.04 bits per heavy atom. The fraction of sp³-hybridized carbons (Fsp3) is 0.333. The summed E-state index contributed by atoms with van der Waals surface area (Å²) in [6.07, 6.45) is -0.325. The normalized spacial score (nSPS) is 13.3. The number of amides is 2. The third kappa shape index (κ3) is 3.87. The first-order chi connectivity index (χ1) is 12.2. The molecule has 26 heavy (non-hydrogen) atoms. The molecule has 1 aliphatic rings. The van der Waals surface area contributed by atoms with Gasteiger partial charge in [-0.3, -0.25) is 9.69 Å². The van der Waals surface area contributed by atoms with Crippen molar-refractivity contribution < 1.29 is 14.3 Å². The highest BCUT2D eigenvalue weighted by molar-refractivity contribution is 5.95. The number of ether oxygens (including phenoxy) is 1. The fourth-order valence-corrected chi connectivity index (χ4v) is 3.16. The van der Waals surface area contributed by atoms with Crippen LogP contribution in [0.4, 0.5) is 10.5 Å². The molecule has 5 nitrogen and oxygen atoms in total. The Labute approximate surface area is 154 Å². The summed E-state index contributed by atoms with van der Waals surface area (Å²) < 4.78 is 5.51. The molecule has 0 spiro atoms. The average molecular weight is 352 g/mol. The van der Waals surface area contributed by atoms with E-state index in [1.165, 1.54) is 6.92 Å². The molecule has 0 aliphatic carbocycles. The maximum absolute atomic E-state index is 12.5. The molecule has 0 unspecified atom stereocenters. The van der Waals surface area contributed by atoms with E-state index in [4.69, 9.17) is 4.74 Å². The standard InChI is InChI=1S/C21H24N2O3/c1-14(24)22-18-11-10-16-12-23(20(25)26-21(2,3)4)13-17(16)19(18)15-8-6-5-7-9-15/h5-11H,12-13H2,1-4H3,(H,22,24). The Kier molecular flexibility index (Phi) is 4.72. The van der Waals surface area contributed by atoms with Crippen LogP contribution in [0, 0.1) is 0 Å². The van der Waals surface area contributed by atoms with E-state index in [1.54, 1.807) is 4.90 Å². The van der Waals surface area contributed by atoms with Gasteiger partial charge >= 0.3 is 6.09 Å². The van der Waals surface area contributed by atoms with E-state index in [0.29, 0.717) is 13.1 Å². The lowest BCUT2D eigenvalue weighted by molar-refractivity contribution is -0.114. The summed E-state index contributed by atoms with van der Waals surface area (Å²) in [5.41, 5.74) is 4.32. The molecular formula is C21H24N2O3. The number of nitrogens with zero attached hydrogens (tertiary/aromatic N) is 1. The van der Waals surface area contributed by atoms with Gasteiger partial charge in [0.05, 0.1) is 6.54 Å². The SMILES string of the molecule is CC(=O)Nc1ccc2c(c1-c1ccccc1)CN(C(=O)OC(C)(C)C)C2. The first-order valence-electron chi connectivity index (χ1n) is 8.70. The molecule has 0 saturated carbocycles. The smallest absolute Gasteiger partial charge is 0.410 e. The van der Waals surface area contributed by atoms with Crippen LogP contribution in [0.2, 0.25) is 0 Å². The monoisotopic (exact) mass is 352 g/mol. The Bertz CT molecular complexity index is 838. The second-order valence-electron chi connectivity index (χ2n) is 7.51. The van der Waals surface area contributed by atoms with Crippen LogP contribution < -0.4 is 5.32 Å². The van der Waals surface area contributed by atoms with Crippen LogP contribution >= 0.6 is 0 Å². The van der Waals surface area contributed by atoms with Crippen molar-refractivity contribution in [3.63, 3.8) is 0 Å². The van der Waals surface area contributed by atoms with Gasteiger partial charge in [0.25, 0.3) is 0 Å². The first kappa shape index (κ1) is 18.0. The topological polar surface area (TPSA) is 58.6 Å². The number of fused-ring (bicyclic) bond motifs is 1. The predicted molar refractivity (Wildman–Crippen MR) is 102 cm³/mol. The average Bonchev–Trinajstić information content (AvgIpc) is 2.97. The number of carbonyl (C=O) groups excluding carboxylic acids is 2. The van der Waals surface area contributed by atoms with Gasteiger partial charge < -0.3 is 10.1 Å². The fourth-order valence-electron chi connectivity index (χ4n) is 3.16. The van der Waals surface area contributed by atoms with Gasteiger partial charge in [-0.05, 0) is 43.5 Å². The van der Waals surface area contributed by atoms with Crippen LogP contribution in [-0.2, 0) is 22.6 Å². The molecule has 2 amide bonds. The van der Waals surface area contributed by atoms with Gasteiger partial charge in [0, 0.05) is 24.7 Å². The van der Waals surface area contributed by atoms with Gasteiger partial charge in [0.2, 0.25) is 5.91 Å². The van der Waals surface area contributed by atoms with Crippen molar-refractivity contribution in [3.8, 4) is 11.1 Å². The highest BCUT2D eigenvalue weighted by Crippen LogP contribution is 2.38. The van der Waals surface area contributed by atoms with Crippen molar-refractivity contribution in [3.05, 3.63) is 53.6 Å². The molecule has 5 heteroatoms. The molecule has 2 aromatic carbocycles. The molecule has 0 saturated heterocycles. The molecule has 1 aliphatic heterocycles. The van der Waals surface area contributed by atoms with Gasteiger partial charge in [-0.15, -0.1) is 0 Å². The van der Waals surface area contributed by atoms with Gasteiger partial charge in [-0.25, -0.2) is 4.79 Å². The third-order valence-corrected chi connectivity index (χ3v) is 4.14. The van der Waals surface area contributed by atoms with E-state index < -0.39 is 5.60 Å². The number of hydrogen-bond donors (Lipinski definition) is 1. The lowest BCUT2D eigenvalue weighted by Gasteiger charge is -2.24. The number of hydrogen-bond acceptors (Lipinski definition) is 3. The third-order valence-electron chi connectivity index (χ3n) is 4.14. The zero-order chi connectivity index (χ0) is 18.9. The summed E-state index contributed by atoms with van der Waals surface area (Å²) in [6.45, 7) is 8.04. The van der Waals surface area contributed by atoms with Crippen LogP contribution in [0.3, 0.4) is 0 Å². The molecular weight excluding hydrogens is 328 g/mol. The quantitative estimate of drug-likeness (QED) is 0.862. The summed E-state index contributed by atoms with van der Waals surface area (Å²) in [4.78, 5) is 25.8. The molecule has 2 aromatic rings. The second-order valence-corrected chi connectivity index (χ2v) is 7.51. The lowest BCUT2D eigenvalue weighted by atomic mass is 9.95. The minimum Gasteiger partial charge on any atom is -0.444 e. The number of nitrogens with one attached hydrogen (secondary N) is 1. The number of anilines is 1. The molecule has 0 radical (unpaired) electrons. The van der Waals surface area contributed by atoms with Crippen molar-refractivity contribution in [2.45, 2.75) is 46.4 Å². The van der Waals surface area contributed by atoms with E-state index in [0.717, 1.165) is 27.9 Å². The van der Waals surface area contributed by atoms with Crippen LogP contribution in [-0.4, -0.2) is 22.5 Å². The van der Waals surface area contributed by atoms with Gasteiger partial charge in [-0.2, -0.15) is 0 Å². The largest absolute Gasteiger partial charge is 0.444 e. The van der Waals surface area contributed by atoms with Crippen molar-refractivity contribution in [1.29, 1.82) is 0 Å². The van der Waals surface area contributed by atoms with Crippen molar-refractivity contribution >= 4 is 17.7 Å². The zero-order valence-corrected chi connectivity index (χ0v) is 15.6. The molecule has 3 rings (SSSR count). The maximum atomic E-state index is 12.5. The molecule has 0 atom stereocenters. The van der Waals surface area contributed by atoms with E-state index in [9.17, 15) is 9.59 Å². The Morgan fingerprint density at radius 2 is 1.73 bits per heavy atom. The zero-order valence-electron chi connectivity index (χ0n) is 15.6. The van der Waals surface area contributed by atoms with Gasteiger partial charge in [0.1, 0.15) is 5.60 Å². The summed E-state index contributed by atoms with van der Waals surface area (Å²) >= 11 is 0. The highest BCUT2D eigenvalue weighted by atomic mass is 16.6. The minimum atomic E-state index is -0.532. The summed E-state index contributed by atoms with van der Waals surface area (Å²) in [7, 11) is 0. The van der Waals surface area contributed by atoms with Crippen LogP contribution in [0.1, 0.15) is 38.8 Å². The van der Waals surface area contributed by atoms with E-state index in [-0.39, 0.29) is 12.0 Å². The first-order valence-corrected chi connectivity index (χ1v) is 8.70. The molecule has 0 aromatic heterocycles. The van der Waals surface area contributed by atoms with E-state index in [2.05, 4.69) is 5.32 Å². The minimum absolute atomic E-state index is 0.121. The number of carbonyl (C=O) groups is 2. The lowest BCUT2D eigenvalue weighted by Crippen LogP contribution is -2.33. The van der Waals surface area contributed by atoms with Gasteiger partial charge in [0.15, 0.2) is 0 Å². The number of rotatable bonds is 2. The van der Waals surface area contributed by atoms with Crippen LogP contribution in [0.25, 0.3) is 11.1 Å². The number of benzene rings is 2. The summed E-state index contributed by atoms with van der Waals surface area (Å²) in [5.74, 6) is -0.121. The van der Waals surface area contributed by atoms with Crippen LogP contribution in [0.5, 0.6) is 0 Å². The Balaban J connectivity index is 1.99. The van der Waals surface area contributed by atoms with Crippen LogP contribution in [0.15, 0.2) is 42.5 Å². The maximum Gasteiger partial charge on any atom is 0.410 e. The molecule has 0 fully saturated rings. The second kappa shape index (κ2) is 6.83. The Hall–Kier alpha value is -2.82. The van der Waals surface area contributed by atoms with Crippen molar-refractivity contribution in [2.24, 2.45) is 0 Å².